The van der Waals surface area contributed by atoms with Crippen LogP contribution in [0.2, 0.25) is 0 Å². The summed E-state index contributed by atoms with van der Waals surface area (Å²) < 4.78 is 28.4. The summed E-state index contributed by atoms with van der Waals surface area (Å²) in [6, 6.07) is 7.39. The van der Waals surface area contributed by atoms with Crippen LogP contribution in [0.4, 0.5) is 8.78 Å². The van der Waals surface area contributed by atoms with Crippen molar-refractivity contribution in [3.05, 3.63) is 59.3 Å². The van der Waals surface area contributed by atoms with Gasteiger partial charge in [-0.3, -0.25) is 9.89 Å². The topological polar surface area (TPSA) is 131 Å². The van der Waals surface area contributed by atoms with Crippen LogP contribution in [-0.2, 0) is 4.79 Å². The van der Waals surface area contributed by atoms with Crippen molar-refractivity contribution in [1.82, 2.24) is 10.2 Å². The molecule has 184 valence electrons. The Kier molecular flexibility index (Phi) is 9.04. The Balaban J connectivity index is 1.90. The Morgan fingerprint density at radius 1 is 1.37 bits per heavy atom. The van der Waals surface area contributed by atoms with E-state index < -0.39 is 11.7 Å². The van der Waals surface area contributed by atoms with Gasteiger partial charge >= 0.3 is 0 Å². The van der Waals surface area contributed by atoms with E-state index in [4.69, 9.17) is 5.41 Å². The van der Waals surface area contributed by atoms with Crippen molar-refractivity contribution in [3.8, 4) is 11.3 Å². The summed E-state index contributed by atoms with van der Waals surface area (Å²) in [5, 5.41) is 27.5. The van der Waals surface area contributed by atoms with Crippen molar-refractivity contribution >= 4 is 30.1 Å². The summed E-state index contributed by atoms with van der Waals surface area (Å²) in [4.78, 5) is 17.2. The van der Waals surface area contributed by atoms with Crippen LogP contribution in [-0.4, -0.2) is 53.0 Å². The molecule has 0 bridgehead atoms. The van der Waals surface area contributed by atoms with E-state index >= 15 is 4.39 Å². The van der Waals surface area contributed by atoms with Gasteiger partial charge in [-0.15, -0.1) is 0 Å². The molecule has 1 aliphatic rings. The zero-order chi connectivity index (χ0) is 25.4. The second-order valence-electron chi connectivity index (χ2n) is 8.51. The first-order valence-corrected chi connectivity index (χ1v) is 11.3. The number of hydrogen-bond donors (Lipinski definition) is 4. The van der Waals surface area contributed by atoms with Gasteiger partial charge in [0, 0.05) is 35.7 Å². The summed E-state index contributed by atoms with van der Waals surface area (Å²) >= 11 is 0. The molecule has 1 amide bonds. The number of aliphatic imine (C=N–C) groups is 1. The molecule has 10 heteroatoms. The van der Waals surface area contributed by atoms with Crippen molar-refractivity contribution in [3.63, 3.8) is 0 Å². The highest BCUT2D eigenvalue weighted by molar-refractivity contribution is 6.14. The smallest absolute Gasteiger partial charge is 0.273 e. The van der Waals surface area contributed by atoms with Gasteiger partial charge in [0.25, 0.3) is 5.91 Å². The molecule has 1 aromatic heterocycles. The number of aliphatic hydroxyl groups excluding tert-OH is 1. The van der Waals surface area contributed by atoms with Crippen LogP contribution in [0, 0.1) is 29.0 Å². The van der Waals surface area contributed by atoms with E-state index in [1.54, 1.807) is 23.6 Å². The van der Waals surface area contributed by atoms with E-state index in [9.17, 15) is 14.3 Å². The lowest BCUT2D eigenvalue weighted by Crippen LogP contribution is -2.80. The maximum absolute atomic E-state index is 15.1. The van der Waals surface area contributed by atoms with E-state index in [1.807, 2.05) is 13.8 Å². The summed E-state index contributed by atoms with van der Waals surface area (Å²) in [7, 11) is 0. The third kappa shape index (κ3) is 6.71. The van der Waals surface area contributed by atoms with Crippen LogP contribution in [0.5, 0.6) is 0 Å². The number of aromatic amines is 1. The Morgan fingerprint density at radius 2 is 2.11 bits per heavy atom. The average molecular weight is 484 g/mol. The lowest BCUT2D eigenvalue weighted by atomic mass is 9.87. The largest absolute Gasteiger partial charge is 0.396 e. The van der Waals surface area contributed by atoms with E-state index in [2.05, 4.69) is 20.3 Å². The number of rotatable bonds is 10. The Morgan fingerprint density at radius 3 is 2.80 bits per heavy atom. The van der Waals surface area contributed by atoms with Gasteiger partial charge in [-0.25, -0.2) is 19.2 Å². The quantitative estimate of drug-likeness (QED) is 0.235. The van der Waals surface area contributed by atoms with Crippen LogP contribution >= 0.6 is 0 Å². The SMILES string of the molecule is CC1C=C(F)C(c2cc(-c3ccc(F)cc3)n[nH]2)=C(C(=O)N=CC(C[NH2+]N=CC=N)C(C)CO)C1. The molecule has 35 heavy (non-hydrogen) atoms. The summed E-state index contributed by atoms with van der Waals surface area (Å²) in [5.74, 6) is -2.12. The highest BCUT2D eigenvalue weighted by atomic mass is 19.1. The zero-order valence-electron chi connectivity index (χ0n) is 19.6. The molecular weight excluding hydrogens is 454 g/mol. The van der Waals surface area contributed by atoms with E-state index in [1.165, 1.54) is 30.6 Å². The molecule has 3 unspecified atom stereocenters. The van der Waals surface area contributed by atoms with Gasteiger partial charge in [0.15, 0.2) is 0 Å². The molecule has 0 aliphatic heterocycles. The molecule has 0 saturated carbocycles. The molecule has 1 aliphatic carbocycles. The number of benzene rings is 1. The first-order valence-electron chi connectivity index (χ1n) is 11.3. The summed E-state index contributed by atoms with van der Waals surface area (Å²) in [6.45, 7) is 3.96. The number of H-pyrrole nitrogens is 1. The number of halogens is 2. The van der Waals surface area contributed by atoms with E-state index in [0.29, 0.717) is 29.9 Å². The Bertz CT molecular complexity index is 1170. The molecular formula is C25H29F2N6O2+. The molecule has 1 heterocycles. The lowest BCUT2D eigenvalue weighted by Gasteiger charge is -2.19. The second-order valence-corrected chi connectivity index (χ2v) is 8.51. The summed E-state index contributed by atoms with van der Waals surface area (Å²) in [5.41, 5.74) is 3.40. The maximum Gasteiger partial charge on any atom is 0.273 e. The molecule has 3 rings (SSSR count). The van der Waals surface area contributed by atoms with Crippen molar-refractivity contribution < 1.29 is 24.1 Å². The number of carbonyl (C=O) groups is 1. The first-order chi connectivity index (χ1) is 16.8. The monoisotopic (exact) mass is 483 g/mol. The number of aromatic nitrogens is 2. The number of carbonyl (C=O) groups excluding carboxylic acids is 1. The van der Waals surface area contributed by atoms with Gasteiger partial charge in [0.05, 0.1) is 23.5 Å². The standard InChI is InChI=1S/C25H28F2N6O2/c1-15-9-20(25(35)29-12-18(16(2)14-34)13-31-30-8-7-28)24(21(27)10-15)23-11-22(32-33-23)17-3-5-19(26)6-4-17/h3-8,10-12,15-16,18,28,31,34H,9,13-14H2,1-2H3,(H,32,33)/p+1. The summed E-state index contributed by atoms with van der Waals surface area (Å²) in [6.07, 6.45) is 5.61. The van der Waals surface area contributed by atoms with Crippen LogP contribution in [0.15, 0.2) is 57.9 Å². The maximum atomic E-state index is 15.1. The van der Waals surface area contributed by atoms with Gasteiger partial charge < -0.3 is 10.5 Å². The van der Waals surface area contributed by atoms with Crippen molar-refractivity contribution in [1.29, 1.82) is 5.41 Å². The molecule has 2 aromatic rings. The van der Waals surface area contributed by atoms with Crippen LogP contribution < -0.4 is 5.43 Å². The molecule has 3 atom stereocenters. The predicted octanol–water partition coefficient (Wildman–Crippen LogP) is 2.90. The van der Waals surface area contributed by atoms with Gasteiger partial charge in [-0.1, -0.05) is 18.9 Å². The number of aliphatic hydroxyl groups is 1. The molecule has 0 radical (unpaired) electrons. The number of amides is 1. The minimum absolute atomic E-state index is 0.102. The minimum atomic E-state index is -0.564. The zero-order valence-corrected chi connectivity index (χ0v) is 19.6. The predicted molar refractivity (Wildman–Crippen MR) is 131 cm³/mol. The van der Waals surface area contributed by atoms with Gasteiger partial charge in [0.2, 0.25) is 0 Å². The van der Waals surface area contributed by atoms with Crippen molar-refractivity contribution in [2.45, 2.75) is 20.3 Å². The number of hydrogen-bond acceptors (Lipinski definition) is 5. The number of allylic oxidation sites excluding steroid dienone is 3. The number of quaternary nitrogens is 1. The lowest BCUT2D eigenvalue weighted by molar-refractivity contribution is -0.664. The fraction of sp³-hybridized carbons (Fsp3) is 0.320. The highest BCUT2D eigenvalue weighted by Gasteiger charge is 2.28. The number of nitrogens with zero attached hydrogens (tertiary/aromatic N) is 3. The van der Waals surface area contributed by atoms with E-state index in [0.717, 1.165) is 6.21 Å². The van der Waals surface area contributed by atoms with Crippen molar-refractivity contribution in [2.24, 2.45) is 27.8 Å². The highest BCUT2D eigenvalue weighted by Crippen LogP contribution is 2.37. The Hall–Kier alpha value is -3.63. The van der Waals surface area contributed by atoms with Gasteiger partial charge in [-0.05, 0) is 54.7 Å². The van der Waals surface area contributed by atoms with Crippen molar-refractivity contribution in [2.75, 3.05) is 13.2 Å². The molecule has 8 nitrogen and oxygen atoms in total. The van der Waals surface area contributed by atoms with Gasteiger partial charge in [0.1, 0.15) is 18.2 Å². The molecule has 0 spiro atoms. The minimum Gasteiger partial charge on any atom is -0.396 e. The fourth-order valence-corrected chi connectivity index (χ4v) is 3.77. The number of nitrogens with two attached hydrogens (primary N) is 1. The fourth-order valence-electron chi connectivity index (χ4n) is 3.77. The van der Waals surface area contributed by atoms with Crippen LogP contribution in [0.25, 0.3) is 16.8 Å². The Labute approximate surface area is 202 Å². The van der Waals surface area contributed by atoms with Crippen LogP contribution in [0.1, 0.15) is 26.0 Å². The second kappa shape index (κ2) is 12.2. The third-order valence-electron chi connectivity index (χ3n) is 5.79. The van der Waals surface area contributed by atoms with Crippen LogP contribution in [0.3, 0.4) is 0 Å². The number of nitrogens with one attached hydrogen (secondary N) is 2. The molecule has 1 aromatic carbocycles. The average Bonchev–Trinajstić information content (AvgIpc) is 3.32. The van der Waals surface area contributed by atoms with E-state index in [-0.39, 0.29) is 41.3 Å². The third-order valence-corrected chi connectivity index (χ3v) is 5.79. The normalized spacial score (nSPS) is 18.2. The molecule has 0 fully saturated rings. The molecule has 5 N–H and O–H groups in total. The first kappa shape index (κ1) is 26.0. The van der Waals surface area contributed by atoms with Gasteiger partial charge in [-0.2, -0.15) is 5.10 Å². The molecule has 0 saturated heterocycles.